The molecule has 4 rings (SSSR count). The van der Waals surface area contributed by atoms with Gasteiger partial charge in [0.2, 0.25) is 0 Å². The second-order valence-corrected chi connectivity index (χ2v) is 13.0. The average molecular weight is 417 g/mol. The van der Waals surface area contributed by atoms with E-state index in [0.29, 0.717) is 16.7 Å². The van der Waals surface area contributed by atoms with Gasteiger partial charge >= 0.3 is 0 Å². The van der Waals surface area contributed by atoms with Crippen LogP contribution in [0.15, 0.2) is 11.6 Å². The van der Waals surface area contributed by atoms with Crippen LogP contribution in [0.3, 0.4) is 0 Å². The molecule has 0 aromatic rings. The molecule has 2 nitrogen and oxygen atoms in total. The molecule has 172 valence electrons. The van der Waals surface area contributed by atoms with Gasteiger partial charge in [0.1, 0.15) is 0 Å². The van der Waals surface area contributed by atoms with E-state index in [-0.39, 0.29) is 6.10 Å². The Labute approximate surface area is 185 Å². The zero-order chi connectivity index (χ0) is 21.9. The van der Waals surface area contributed by atoms with Crippen molar-refractivity contribution < 1.29 is 10.2 Å². The molecule has 2 N–H and O–H groups in total. The molecule has 0 aliphatic heterocycles. The van der Waals surface area contributed by atoms with Crippen molar-refractivity contribution in [3.8, 4) is 0 Å². The van der Waals surface area contributed by atoms with E-state index in [1.807, 2.05) is 13.8 Å². The van der Waals surface area contributed by atoms with Crippen LogP contribution in [0.1, 0.15) is 106 Å². The summed E-state index contributed by atoms with van der Waals surface area (Å²) in [6.45, 7) is 13.8. The summed E-state index contributed by atoms with van der Waals surface area (Å²) in [7, 11) is 0. The van der Waals surface area contributed by atoms with Gasteiger partial charge < -0.3 is 10.2 Å². The first-order valence-electron chi connectivity index (χ1n) is 13.1. The van der Waals surface area contributed by atoms with Crippen molar-refractivity contribution >= 4 is 0 Å². The Morgan fingerprint density at radius 3 is 2.47 bits per heavy atom. The molecule has 30 heavy (non-hydrogen) atoms. The lowest BCUT2D eigenvalue weighted by molar-refractivity contribution is -0.0581. The zero-order valence-corrected chi connectivity index (χ0v) is 20.6. The lowest BCUT2D eigenvalue weighted by Crippen LogP contribution is -2.50. The summed E-state index contributed by atoms with van der Waals surface area (Å²) in [6, 6.07) is 0. The van der Waals surface area contributed by atoms with Crippen LogP contribution >= 0.6 is 0 Å². The lowest BCUT2D eigenvalue weighted by atomic mass is 9.47. The SMILES string of the molecule is CC(CCC(C)C(C)(C)O)C1CCC2C3CC=C4CC(O)CCC4(C)C3CCC12C. The maximum absolute atomic E-state index is 10.3. The fourth-order valence-electron chi connectivity index (χ4n) is 8.68. The molecule has 0 aromatic heterocycles. The van der Waals surface area contributed by atoms with Gasteiger partial charge in [0.15, 0.2) is 0 Å². The van der Waals surface area contributed by atoms with Gasteiger partial charge in [-0.1, -0.05) is 45.8 Å². The summed E-state index contributed by atoms with van der Waals surface area (Å²) in [4.78, 5) is 0. The largest absolute Gasteiger partial charge is 0.393 e. The van der Waals surface area contributed by atoms with Crippen LogP contribution in [0.25, 0.3) is 0 Å². The molecule has 0 saturated heterocycles. The molecule has 0 aromatic carbocycles. The highest BCUT2D eigenvalue weighted by atomic mass is 16.3. The highest BCUT2D eigenvalue weighted by Crippen LogP contribution is 2.67. The minimum Gasteiger partial charge on any atom is -0.393 e. The Hall–Kier alpha value is -0.340. The predicted molar refractivity (Wildman–Crippen MR) is 125 cm³/mol. The van der Waals surface area contributed by atoms with E-state index in [2.05, 4.69) is 33.8 Å². The van der Waals surface area contributed by atoms with Crippen molar-refractivity contribution in [3.05, 3.63) is 11.6 Å². The van der Waals surface area contributed by atoms with Crippen molar-refractivity contribution in [2.45, 2.75) is 117 Å². The molecule has 0 spiro atoms. The molecule has 9 atom stereocenters. The first kappa shape index (κ1) is 22.8. The maximum atomic E-state index is 10.3. The molecule has 3 saturated carbocycles. The number of aliphatic hydroxyl groups excluding tert-OH is 1. The highest BCUT2D eigenvalue weighted by Gasteiger charge is 2.59. The lowest BCUT2D eigenvalue weighted by Gasteiger charge is -2.58. The van der Waals surface area contributed by atoms with Crippen LogP contribution in [0.2, 0.25) is 0 Å². The molecule has 4 aliphatic carbocycles. The van der Waals surface area contributed by atoms with Crippen LogP contribution in [0.5, 0.6) is 0 Å². The number of allylic oxidation sites excluding steroid dienone is 1. The van der Waals surface area contributed by atoms with Crippen molar-refractivity contribution in [2.24, 2.45) is 46.3 Å². The zero-order valence-electron chi connectivity index (χ0n) is 20.6. The standard InChI is InChI=1S/C28H48O2/c1-18(7-8-19(2)26(3,4)30)23-11-12-24-22-10-9-20-17-21(29)13-15-27(20,5)25(22)14-16-28(23,24)6/h9,18-19,21-25,29-30H,7-8,10-17H2,1-6H3. The quantitative estimate of drug-likeness (QED) is 0.487. The summed E-state index contributed by atoms with van der Waals surface area (Å²) < 4.78 is 0. The minimum absolute atomic E-state index is 0.0993. The van der Waals surface area contributed by atoms with Gasteiger partial charge in [-0.2, -0.15) is 0 Å². The number of aliphatic hydroxyl groups is 2. The van der Waals surface area contributed by atoms with Crippen molar-refractivity contribution in [1.29, 1.82) is 0 Å². The number of hydrogen-bond acceptors (Lipinski definition) is 2. The molecule has 0 amide bonds. The summed E-state index contributed by atoms with van der Waals surface area (Å²) in [5.74, 6) is 4.56. The van der Waals surface area contributed by atoms with Gasteiger partial charge in [-0.25, -0.2) is 0 Å². The van der Waals surface area contributed by atoms with E-state index < -0.39 is 5.60 Å². The van der Waals surface area contributed by atoms with Crippen LogP contribution < -0.4 is 0 Å². The Morgan fingerprint density at radius 2 is 1.77 bits per heavy atom. The summed E-state index contributed by atoms with van der Waals surface area (Å²) >= 11 is 0. The van der Waals surface area contributed by atoms with Crippen LogP contribution in [0.4, 0.5) is 0 Å². The molecule has 0 heterocycles. The van der Waals surface area contributed by atoms with Gasteiger partial charge in [-0.05, 0) is 118 Å². The first-order chi connectivity index (χ1) is 14.0. The molecular formula is C28H48O2. The van der Waals surface area contributed by atoms with Gasteiger partial charge in [0.25, 0.3) is 0 Å². The van der Waals surface area contributed by atoms with Gasteiger partial charge in [0.05, 0.1) is 11.7 Å². The van der Waals surface area contributed by atoms with E-state index in [1.54, 1.807) is 5.57 Å². The Kier molecular flexibility index (Phi) is 6.02. The third-order valence-electron chi connectivity index (χ3n) is 11.1. The molecule has 0 radical (unpaired) electrons. The summed E-state index contributed by atoms with van der Waals surface area (Å²) in [5, 5.41) is 20.6. The molecular weight excluding hydrogens is 368 g/mol. The number of fused-ring (bicyclic) bond motifs is 5. The van der Waals surface area contributed by atoms with Crippen molar-refractivity contribution in [2.75, 3.05) is 0 Å². The second-order valence-electron chi connectivity index (χ2n) is 13.0. The van der Waals surface area contributed by atoms with E-state index in [0.717, 1.165) is 48.9 Å². The second kappa shape index (κ2) is 7.91. The van der Waals surface area contributed by atoms with Crippen molar-refractivity contribution in [1.82, 2.24) is 0 Å². The van der Waals surface area contributed by atoms with Crippen LogP contribution in [0, 0.1) is 46.3 Å². The Balaban J connectivity index is 1.47. The number of hydrogen-bond donors (Lipinski definition) is 2. The van der Waals surface area contributed by atoms with E-state index in [9.17, 15) is 10.2 Å². The Morgan fingerprint density at radius 1 is 1.03 bits per heavy atom. The van der Waals surface area contributed by atoms with E-state index >= 15 is 0 Å². The van der Waals surface area contributed by atoms with Gasteiger partial charge in [-0.15, -0.1) is 0 Å². The Bertz CT molecular complexity index is 660. The molecule has 4 aliphatic rings. The normalized spacial score (nSPS) is 45.7. The van der Waals surface area contributed by atoms with Crippen LogP contribution in [-0.4, -0.2) is 21.9 Å². The van der Waals surface area contributed by atoms with Crippen LogP contribution in [-0.2, 0) is 0 Å². The third kappa shape index (κ3) is 3.72. The monoisotopic (exact) mass is 416 g/mol. The fraction of sp³-hybridized carbons (Fsp3) is 0.929. The minimum atomic E-state index is -0.560. The topological polar surface area (TPSA) is 40.5 Å². The smallest absolute Gasteiger partial charge is 0.0617 e. The molecule has 3 fully saturated rings. The maximum Gasteiger partial charge on any atom is 0.0617 e. The predicted octanol–water partition coefficient (Wildman–Crippen LogP) is 6.75. The molecule has 0 bridgehead atoms. The fourth-order valence-corrected chi connectivity index (χ4v) is 8.68. The highest BCUT2D eigenvalue weighted by molar-refractivity contribution is 5.25. The number of rotatable bonds is 5. The third-order valence-corrected chi connectivity index (χ3v) is 11.1. The molecule has 2 heteroatoms. The summed E-state index contributed by atoms with van der Waals surface area (Å²) in [5.41, 5.74) is 1.90. The van der Waals surface area contributed by atoms with Crippen molar-refractivity contribution in [3.63, 3.8) is 0 Å². The first-order valence-corrected chi connectivity index (χ1v) is 13.1. The van der Waals surface area contributed by atoms with E-state index in [1.165, 1.54) is 44.9 Å². The molecule has 9 unspecified atom stereocenters. The van der Waals surface area contributed by atoms with E-state index in [4.69, 9.17) is 0 Å². The summed E-state index contributed by atoms with van der Waals surface area (Å²) in [6.07, 6.45) is 14.9. The van der Waals surface area contributed by atoms with Gasteiger partial charge in [0, 0.05) is 0 Å². The van der Waals surface area contributed by atoms with Gasteiger partial charge in [-0.3, -0.25) is 0 Å². The average Bonchev–Trinajstić information content (AvgIpc) is 3.03.